The highest BCUT2D eigenvalue weighted by Crippen LogP contribution is 2.34. The highest BCUT2D eigenvalue weighted by molar-refractivity contribution is 7.94. The van der Waals surface area contributed by atoms with Gasteiger partial charge in [0.2, 0.25) is 10.0 Å². The first-order valence-corrected chi connectivity index (χ1v) is 12.3. The van der Waals surface area contributed by atoms with Crippen molar-refractivity contribution in [3.05, 3.63) is 45.8 Å². The van der Waals surface area contributed by atoms with Gasteiger partial charge in [-0.1, -0.05) is 12.2 Å². The molecule has 0 aliphatic heterocycles. The maximum Gasteiger partial charge on any atom is 0.310 e. The lowest BCUT2D eigenvalue weighted by Gasteiger charge is -2.19. The molecule has 0 bridgehead atoms. The summed E-state index contributed by atoms with van der Waals surface area (Å²) in [6.45, 7) is 1.66. The maximum absolute atomic E-state index is 13.3. The van der Waals surface area contributed by atoms with Gasteiger partial charge in [0.25, 0.3) is 0 Å². The van der Waals surface area contributed by atoms with Crippen LogP contribution in [-0.4, -0.2) is 45.4 Å². The first-order valence-electron chi connectivity index (χ1n) is 8.04. The predicted octanol–water partition coefficient (Wildman–Crippen LogP) is 2.16. The van der Waals surface area contributed by atoms with Crippen molar-refractivity contribution < 1.29 is 26.4 Å². The maximum atomic E-state index is 13.3. The van der Waals surface area contributed by atoms with E-state index in [0.717, 1.165) is 6.26 Å². The number of thiophene rings is 1. The minimum Gasteiger partial charge on any atom is -0.469 e. The van der Waals surface area contributed by atoms with Crippen LogP contribution in [0.3, 0.4) is 0 Å². The molecule has 7 nitrogen and oxygen atoms in total. The van der Waals surface area contributed by atoms with Crippen molar-refractivity contribution in [2.45, 2.75) is 25.0 Å². The highest BCUT2D eigenvalue weighted by Gasteiger charge is 2.32. The number of carbonyl (C=O) groups excluding carboxylic acids is 1. The van der Waals surface area contributed by atoms with Crippen LogP contribution in [0, 0.1) is 6.92 Å². The molecule has 1 unspecified atom stereocenters. The van der Waals surface area contributed by atoms with E-state index in [-0.39, 0.29) is 17.7 Å². The van der Waals surface area contributed by atoms with Crippen LogP contribution in [0.5, 0.6) is 0 Å². The fraction of sp³-hybridized carbons (Fsp3) is 0.353. The zero-order valence-electron chi connectivity index (χ0n) is 15.0. The van der Waals surface area contributed by atoms with E-state index in [1.54, 1.807) is 18.4 Å². The molecule has 0 saturated carbocycles. The van der Waals surface area contributed by atoms with Gasteiger partial charge >= 0.3 is 5.97 Å². The molecule has 2 aromatic rings. The van der Waals surface area contributed by atoms with Crippen molar-refractivity contribution in [3.63, 3.8) is 0 Å². The second kappa shape index (κ2) is 6.92. The van der Waals surface area contributed by atoms with E-state index in [1.165, 1.54) is 40.6 Å². The summed E-state index contributed by atoms with van der Waals surface area (Å²) >= 11 is 1.28. The average Bonchev–Trinajstić information content (AvgIpc) is 3.16. The summed E-state index contributed by atoms with van der Waals surface area (Å²) in [6.07, 6.45) is 5.31. The van der Waals surface area contributed by atoms with Crippen LogP contribution >= 0.6 is 11.3 Å². The summed E-state index contributed by atoms with van der Waals surface area (Å²) in [5.74, 6) is -0.445. The van der Waals surface area contributed by atoms with Gasteiger partial charge in [-0.25, -0.2) is 20.8 Å². The Morgan fingerprint density at radius 2 is 2.04 bits per heavy atom. The molecule has 27 heavy (non-hydrogen) atoms. The third-order valence-corrected chi connectivity index (χ3v) is 8.79. The Kier molecular flexibility index (Phi) is 5.08. The van der Waals surface area contributed by atoms with Gasteiger partial charge in [0.05, 0.1) is 18.4 Å². The zero-order valence-corrected chi connectivity index (χ0v) is 17.4. The molecule has 0 aromatic carbocycles. The SMILES string of the molecule is COC(=O)Cc1c(C)n(S(=O)(=O)C2C=CC(S(C)(=O)=O)=CC2)c2sccc12. The number of ether oxygens (including phenoxy) is 1. The van der Waals surface area contributed by atoms with Crippen molar-refractivity contribution in [1.29, 1.82) is 0 Å². The minimum atomic E-state index is -3.83. The van der Waals surface area contributed by atoms with Gasteiger partial charge in [-0.2, -0.15) is 0 Å². The molecule has 3 rings (SSSR count). The first-order chi connectivity index (χ1) is 12.6. The van der Waals surface area contributed by atoms with E-state index in [4.69, 9.17) is 4.74 Å². The molecule has 0 amide bonds. The summed E-state index contributed by atoms with van der Waals surface area (Å²) in [7, 11) is -5.93. The van der Waals surface area contributed by atoms with Gasteiger partial charge < -0.3 is 4.74 Å². The second-order valence-electron chi connectivity index (χ2n) is 6.28. The summed E-state index contributed by atoms with van der Waals surface area (Å²) in [6, 6.07) is 1.79. The smallest absolute Gasteiger partial charge is 0.310 e. The van der Waals surface area contributed by atoms with Gasteiger partial charge in [0.1, 0.15) is 10.1 Å². The molecule has 1 aliphatic rings. The van der Waals surface area contributed by atoms with Crippen molar-refractivity contribution >= 4 is 47.4 Å². The zero-order chi connectivity index (χ0) is 20.0. The summed E-state index contributed by atoms with van der Waals surface area (Å²) < 4.78 is 55.8. The van der Waals surface area contributed by atoms with Crippen LogP contribution in [-0.2, 0) is 35.8 Å². The average molecular weight is 430 g/mol. The van der Waals surface area contributed by atoms with E-state index in [1.807, 2.05) is 0 Å². The number of sulfone groups is 1. The van der Waals surface area contributed by atoms with Crippen molar-refractivity contribution in [2.24, 2.45) is 0 Å². The van der Waals surface area contributed by atoms with Crippen LogP contribution in [0.4, 0.5) is 0 Å². The molecule has 146 valence electrons. The van der Waals surface area contributed by atoms with Crippen molar-refractivity contribution in [2.75, 3.05) is 13.4 Å². The van der Waals surface area contributed by atoms with Gasteiger partial charge in [-0.3, -0.25) is 4.79 Å². The van der Waals surface area contributed by atoms with E-state index in [9.17, 15) is 21.6 Å². The molecule has 0 spiro atoms. The fourth-order valence-electron chi connectivity index (χ4n) is 3.12. The third kappa shape index (κ3) is 3.48. The number of rotatable bonds is 5. The minimum absolute atomic E-state index is 0.0171. The van der Waals surface area contributed by atoms with Gasteiger partial charge in [0.15, 0.2) is 9.84 Å². The van der Waals surface area contributed by atoms with Crippen LogP contribution in [0.2, 0.25) is 0 Å². The van der Waals surface area contributed by atoms with E-state index in [0.29, 0.717) is 21.5 Å². The predicted molar refractivity (Wildman–Crippen MR) is 105 cm³/mol. The van der Waals surface area contributed by atoms with Crippen LogP contribution in [0.1, 0.15) is 17.7 Å². The monoisotopic (exact) mass is 429 g/mol. The number of allylic oxidation sites excluding steroid dienone is 2. The molecule has 0 radical (unpaired) electrons. The molecular formula is C17H19NO6S3. The number of fused-ring (bicyclic) bond motifs is 1. The van der Waals surface area contributed by atoms with E-state index < -0.39 is 31.1 Å². The quantitative estimate of drug-likeness (QED) is 0.676. The van der Waals surface area contributed by atoms with Crippen molar-refractivity contribution in [1.82, 2.24) is 3.97 Å². The molecule has 2 aromatic heterocycles. The Hall–Kier alpha value is -1.91. The second-order valence-corrected chi connectivity index (χ2v) is 11.2. The Labute approximate surface area is 161 Å². The molecule has 10 heteroatoms. The third-order valence-electron chi connectivity index (χ3n) is 4.54. The van der Waals surface area contributed by atoms with Crippen LogP contribution in [0.25, 0.3) is 10.2 Å². The van der Waals surface area contributed by atoms with Crippen LogP contribution < -0.4 is 0 Å². The fourth-order valence-corrected chi connectivity index (χ4v) is 6.87. The van der Waals surface area contributed by atoms with Gasteiger partial charge in [-0.05, 0) is 36.4 Å². The normalized spacial score (nSPS) is 17.9. The lowest BCUT2D eigenvalue weighted by Crippen LogP contribution is -2.28. The molecule has 0 N–H and O–H groups in total. The Bertz CT molecular complexity index is 1180. The molecule has 0 fully saturated rings. The summed E-state index contributed by atoms with van der Waals surface area (Å²) in [5.41, 5.74) is 1.09. The molecular weight excluding hydrogens is 410 g/mol. The number of hydrogen-bond donors (Lipinski definition) is 0. The van der Waals surface area contributed by atoms with Crippen molar-refractivity contribution in [3.8, 4) is 0 Å². The number of methoxy groups -OCH3 is 1. The molecule has 1 atom stereocenters. The molecule has 0 saturated heterocycles. The Balaban J connectivity index is 2.06. The molecule has 2 heterocycles. The van der Waals surface area contributed by atoms with Gasteiger partial charge in [0, 0.05) is 17.3 Å². The lowest BCUT2D eigenvalue weighted by molar-refractivity contribution is -0.139. The number of carbonyl (C=O) groups is 1. The number of hydrogen-bond acceptors (Lipinski definition) is 7. The molecule has 1 aliphatic carbocycles. The van der Waals surface area contributed by atoms with Crippen LogP contribution in [0.15, 0.2) is 34.6 Å². The lowest BCUT2D eigenvalue weighted by atomic mass is 10.1. The summed E-state index contributed by atoms with van der Waals surface area (Å²) in [4.78, 5) is 12.4. The number of aromatic nitrogens is 1. The standard InChI is InChI=1S/C17H19NO6S3/c1-11-15(10-16(19)24-2)14-8-9-25-17(14)18(11)27(22,23)13-6-4-12(5-7-13)26(3,20)21/h4-6,8-9,13H,7,10H2,1-3H3. The number of esters is 1. The largest absolute Gasteiger partial charge is 0.469 e. The van der Waals surface area contributed by atoms with E-state index in [2.05, 4.69) is 0 Å². The Morgan fingerprint density at radius 1 is 1.33 bits per heavy atom. The van der Waals surface area contributed by atoms with E-state index >= 15 is 0 Å². The Morgan fingerprint density at radius 3 is 2.59 bits per heavy atom. The summed E-state index contributed by atoms with van der Waals surface area (Å²) in [5, 5.41) is 1.60. The van der Waals surface area contributed by atoms with Gasteiger partial charge in [-0.15, -0.1) is 11.3 Å². The first kappa shape index (κ1) is 19.8. The topological polar surface area (TPSA) is 99.5 Å². The highest BCUT2D eigenvalue weighted by atomic mass is 32.2. The number of nitrogens with zero attached hydrogens (tertiary/aromatic N) is 1.